The standard InChI is InChI=1S/C19H13ClN2O6S/c20-11-3-1-2-10(6-11)7-15-17(25)22(19(28)29-15)9-16(24)21-12-4-5-13(18(26)27)14(23)8-12/h1-8,23H,9H2,(H,21,24)(H,26,27)/b15-7-. The number of nitrogens with zero attached hydrogens (tertiary/aromatic N) is 1. The molecule has 0 spiro atoms. The first-order chi connectivity index (χ1) is 13.7. The van der Waals surface area contributed by atoms with E-state index < -0.39 is 35.3 Å². The summed E-state index contributed by atoms with van der Waals surface area (Å²) >= 11 is 6.61. The number of carbonyl (C=O) groups excluding carboxylic acids is 3. The number of hydrogen-bond acceptors (Lipinski definition) is 6. The zero-order chi connectivity index (χ0) is 21.1. The van der Waals surface area contributed by atoms with Crippen molar-refractivity contribution in [2.75, 3.05) is 11.9 Å². The quantitative estimate of drug-likeness (QED) is 0.618. The van der Waals surface area contributed by atoms with Crippen LogP contribution in [-0.4, -0.2) is 44.7 Å². The van der Waals surface area contributed by atoms with Gasteiger partial charge in [-0.25, -0.2) is 4.79 Å². The summed E-state index contributed by atoms with van der Waals surface area (Å²) in [6.07, 6.45) is 1.51. The van der Waals surface area contributed by atoms with Crippen LogP contribution in [0.5, 0.6) is 5.75 Å². The average molecular weight is 433 g/mol. The molecule has 1 heterocycles. The van der Waals surface area contributed by atoms with Crippen molar-refractivity contribution in [2.24, 2.45) is 0 Å². The van der Waals surface area contributed by atoms with Crippen molar-refractivity contribution in [2.45, 2.75) is 0 Å². The Labute approximate surface area is 173 Å². The molecule has 2 aromatic rings. The molecule has 10 heteroatoms. The molecule has 8 nitrogen and oxygen atoms in total. The van der Waals surface area contributed by atoms with E-state index in [9.17, 15) is 24.3 Å². The van der Waals surface area contributed by atoms with Gasteiger partial charge in [-0.05, 0) is 47.7 Å². The van der Waals surface area contributed by atoms with Gasteiger partial charge in [0.1, 0.15) is 17.9 Å². The number of aromatic carboxylic acids is 1. The van der Waals surface area contributed by atoms with E-state index in [-0.39, 0.29) is 16.2 Å². The van der Waals surface area contributed by atoms with E-state index in [1.165, 1.54) is 12.1 Å². The average Bonchev–Trinajstić information content (AvgIpc) is 2.89. The van der Waals surface area contributed by atoms with Crippen LogP contribution in [0, 0.1) is 0 Å². The molecule has 29 heavy (non-hydrogen) atoms. The normalized spacial score (nSPS) is 15.1. The Morgan fingerprint density at radius 3 is 2.59 bits per heavy atom. The fraction of sp³-hybridized carbons (Fsp3) is 0.0526. The van der Waals surface area contributed by atoms with Gasteiger partial charge < -0.3 is 15.5 Å². The van der Waals surface area contributed by atoms with Crippen LogP contribution >= 0.6 is 23.4 Å². The van der Waals surface area contributed by atoms with Crippen molar-refractivity contribution in [3.8, 4) is 5.75 Å². The highest BCUT2D eigenvalue weighted by Crippen LogP contribution is 2.32. The number of phenols is 1. The first-order valence-electron chi connectivity index (χ1n) is 8.11. The summed E-state index contributed by atoms with van der Waals surface area (Å²) < 4.78 is 0. The summed E-state index contributed by atoms with van der Waals surface area (Å²) in [7, 11) is 0. The molecule has 0 radical (unpaired) electrons. The number of benzene rings is 2. The fourth-order valence-electron chi connectivity index (χ4n) is 2.52. The van der Waals surface area contributed by atoms with Gasteiger partial charge in [-0.2, -0.15) is 0 Å². The first-order valence-corrected chi connectivity index (χ1v) is 9.31. The number of rotatable bonds is 5. The number of carbonyl (C=O) groups is 4. The Balaban J connectivity index is 1.69. The lowest BCUT2D eigenvalue weighted by molar-refractivity contribution is -0.127. The molecule has 1 saturated heterocycles. The van der Waals surface area contributed by atoms with Crippen LogP contribution in [0.1, 0.15) is 15.9 Å². The van der Waals surface area contributed by atoms with Crippen molar-refractivity contribution in [3.63, 3.8) is 0 Å². The Kier molecular flexibility index (Phi) is 5.90. The third-order valence-electron chi connectivity index (χ3n) is 3.83. The van der Waals surface area contributed by atoms with Crippen LogP contribution in [0.2, 0.25) is 5.02 Å². The van der Waals surface area contributed by atoms with Crippen molar-refractivity contribution in [1.29, 1.82) is 0 Å². The molecule has 2 aromatic carbocycles. The zero-order valence-electron chi connectivity index (χ0n) is 14.6. The van der Waals surface area contributed by atoms with E-state index in [1.54, 1.807) is 24.3 Å². The molecule has 3 N–H and O–H groups in total. The van der Waals surface area contributed by atoms with Crippen molar-refractivity contribution in [3.05, 3.63) is 63.5 Å². The largest absolute Gasteiger partial charge is 0.507 e. The summed E-state index contributed by atoms with van der Waals surface area (Å²) in [6, 6.07) is 10.2. The van der Waals surface area contributed by atoms with E-state index in [1.807, 2.05) is 0 Å². The minimum atomic E-state index is -1.32. The second kappa shape index (κ2) is 8.38. The summed E-state index contributed by atoms with van der Waals surface area (Å²) in [4.78, 5) is 48.6. The third-order valence-corrected chi connectivity index (χ3v) is 4.98. The molecule has 1 fully saturated rings. The molecule has 1 aliphatic heterocycles. The molecule has 0 bridgehead atoms. The third kappa shape index (κ3) is 4.76. The second-order valence-corrected chi connectivity index (χ2v) is 7.34. The molecule has 3 amide bonds. The smallest absolute Gasteiger partial charge is 0.339 e. The number of anilines is 1. The number of imide groups is 1. The molecular weight excluding hydrogens is 420 g/mol. The SMILES string of the molecule is O=C(CN1C(=O)S/C(=C\c2cccc(Cl)c2)C1=O)Nc1ccc(C(=O)O)c(O)c1. The lowest BCUT2D eigenvalue weighted by Gasteiger charge is -2.13. The first kappa shape index (κ1) is 20.4. The van der Waals surface area contributed by atoms with Crippen molar-refractivity contribution >= 4 is 58.1 Å². The monoisotopic (exact) mass is 432 g/mol. The number of amides is 3. The van der Waals surface area contributed by atoms with E-state index >= 15 is 0 Å². The number of halogens is 1. The van der Waals surface area contributed by atoms with Crippen LogP contribution in [0.4, 0.5) is 10.5 Å². The van der Waals surface area contributed by atoms with Crippen LogP contribution in [-0.2, 0) is 9.59 Å². The van der Waals surface area contributed by atoms with Gasteiger partial charge in [0.25, 0.3) is 11.1 Å². The molecule has 0 aromatic heterocycles. The van der Waals surface area contributed by atoms with Gasteiger partial charge in [0.05, 0.1) is 4.91 Å². The van der Waals surface area contributed by atoms with E-state index in [0.717, 1.165) is 17.0 Å². The predicted molar refractivity (Wildman–Crippen MR) is 108 cm³/mol. The number of carboxylic acid groups (broad SMARTS) is 1. The second-order valence-electron chi connectivity index (χ2n) is 5.91. The lowest BCUT2D eigenvalue weighted by Crippen LogP contribution is -2.36. The zero-order valence-corrected chi connectivity index (χ0v) is 16.2. The predicted octanol–water partition coefficient (Wildman–Crippen LogP) is 3.42. The number of thioether (sulfide) groups is 1. The van der Waals surface area contributed by atoms with Gasteiger partial charge in [0, 0.05) is 16.8 Å². The minimum absolute atomic E-state index is 0.124. The van der Waals surface area contributed by atoms with Crippen LogP contribution in [0.25, 0.3) is 6.08 Å². The molecule has 0 atom stereocenters. The molecule has 0 unspecified atom stereocenters. The van der Waals surface area contributed by atoms with Crippen molar-refractivity contribution < 1.29 is 29.4 Å². The number of hydrogen-bond donors (Lipinski definition) is 3. The maximum Gasteiger partial charge on any atom is 0.339 e. The maximum absolute atomic E-state index is 12.5. The molecule has 3 rings (SSSR count). The van der Waals surface area contributed by atoms with E-state index in [2.05, 4.69) is 5.32 Å². The molecule has 148 valence electrons. The molecule has 0 saturated carbocycles. The minimum Gasteiger partial charge on any atom is -0.507 e. The number of carboxylic acids is 1. The highest BCUT2D eigenvalue weighted by Gasteiger charge is 2.36. The summed E-state index contributed by atoms with van der Waals surface area (Å²) in [6.45, 7) is -0.529. The summed E-state index contributed by atoms with van der Waals surface area (Å²) in [5, 5.41) is 20.8. The Bertz CT molecular complexity index is 1070. The Morgan fingerprint density at radius 2 is 1.93 bits per heavy atom. The number of nitrogens with one attached hydrogen (secondary N) is 1. The fourth-order valence-corrected chi connectivity index (χ4v) is 3.56. The van der Waals surface area contributed by atoms with Gasteiger partial charge in [0.15, 0.2) is 0 Å². The van der Waals surface area contributed by atoms with Crippen LogP contribution in [0.15, 0.2) is 47.4 Å². The van der Waals surface area contributed by atoms with Gasteiger partial charge in [-0.3, -0.25) is 19.3 Å². The maximum atomic E-state index is 12.5. The Hall–Kier alpha value is -3.30. The van der Waals surface area contributed by atoms with Crippen molar-refractivity contribution in [1.82, 2.24) is 4.90 Å². The lowest BCUT2D eigenvalue weighted by atomic mass is 10.2. The van der Waals surface area contributed by atoms with Crippen LogP contribution < -0.4 is 5.32 Å². The van der Waals surface area contributed by atoms with E-state index in [0.29, 0.717) is 22.3 Å². The topological polar surface area (TPSA) is 124 Å². The highest BCUT2D eigenvalue weighted by atomic mass is 35.5. The highest BCUT2D eigenvalue weighted by molar-refractivity contribution is 8.18. The molecule has 1 aliphatic rings. The summed E-state index contributed by atoms with van der Waals surface area (Å²) in [5.41, 5.74) is 0.445. The molecular formula is C19H13ClN2O6S. The van der Waals surface area contributed by atoms with Gasteiger partial charge in [-0.1, -0.05) is 23.7 Å². The molecule has 0 aliphatic carbocycles. The van der Waals surface area contributed by atoms with Gasteiger partial charge in [-0.15, -0.1) is 0 Å². The number of aromatic hydroxyl groups is 1. The van der Waals surface area contributed by atoms with Crippen LogP contribution in [0.3, 0.4) is 0 Å². The van der Waals surface area contributed by atoms with Gasteiger partial charge in [0.2, 0.25) is 5.91 Å². The summed E-state index contributed by atoms with van der Waals surface area (Å²) in [5.74, 6) is -3.13. The Morgan fingerprint density at radius 1 is 1.17 bits per heavy atom. The van der Waals surface area contributed by atoms with Gasteiger partial charge >= 0.3 is 5.97 Å². The van der Waals surface area contributed by atoms with E-state index in [4.69, 9.17) is 16.7 Å².